The molecule has 1 heterocycles. The van der Waals surface area contributed by atoms with Gasteiger partial charge in [-0.05, 0) is 94.9 Å². The van der Waals surface area contributed by atoms with E-state index < -0.39 is 0 Å². The average Bonchev–Trinajstić information content (AvgIpc) is 3.62. The van der Waals surface area contributed by atoms with Crippen molar-refractivity contribution in [2.24, 2.45) is 16.8 Å². The summed E-state index contributed by atoms with van der Waals surface area (Å²) in [6.07, 6.45) is 16.1. The number of nitrogens with one attached hydrogen (secondary N) is 1. The Morgan fingerprint density at radius 1 is 1.26 bits per heavy atom. The van der Waals surface area contributed by atoms with E-state index in [4.69, 9.17) is 0 Å². The Balaban J connectivity index is 0.000000620. The van der Waals surface area contributed by atoms with Gasteiger partial charge in [0, 0.05) is 50.7 Å². The Bertz CT molecular complexity index is 828. The predicted octanol–water partition coefficient (Wildman–Crippen LogP) is 7.63. The van der Waals surface area contributed by atoms with Crippen molar-refractivity contribution in [3.8, 4) is 0 Å². The number of hydrogen-bond acceptors (Lipinski definition) is 4. The molecule has 4 heteroatoms. The van der Waals surface area contributed by atoms with E-state index in [1.807, 2.05) is 18.5 Å². The number of allylic oxidation sites excluding steroid dienone is 5. The minimum atomic E-state index is 0.457. The first kappa shape index (κ1) is 29.5. The molecule has 188 valence electrons. The van der Waals surface area contributed by atoms with E-state index in [2.05, 4.69) is 68.6 Å². The topological polar surface area (TPSA) is 54.4 Å². The number of aromatic nitrogens is 1. The highest BCUT2D eigenvalue weighted by molar-refractivity contribution is 5.79. The molecule has 0 spiro atoms. The van der Waals surface area contributed by atoms with Crippen molar-refractivity contribution in [3.63, 3.8) is 0 Å². The van der Waals surface area contributed by atoms with Crippen LogP contribution in [0.2, 0.25) is 0 Å². The van der Waals surface area contributed by atoms with Crippen molar-refractivity contribution in [1.29, 1.82) is 0 Å². The van der Waals surface area contributed by atoms with Crippen molar-refractivity contribution in [1.82, 2.24) is 10.3 Å². The molecular formula is C30H47N3O. The Morgan fingerprint density at radius 3 is 2.53 bits per heavy atom. The lowest BCUT2D eigenvalue weighted by molar-refractivity contribution is -0.119. The SMILES string of the molecule is C=C(/C=C(\C)NCc1cccnc1)C(CCC)CCCC(=O)CC1CC1.CN=CC(C)=C(C)C. The molecule has 1 unspecified atom stereocenters. The monoisotopic (exact) mass is 465 g/mol. The second-order valence-corrected chi connectivity index (χ2v) is 9.75. The van der Waals surface area contributed by atoms with E-state index >= 15 is 0 Å². The van der Waals surface area contributed by atoms with Gasteiger partial charge >= 0.3 is 0 Å². The fourth-order valence-corrected chi connectivity index (χ4v) is 3.67. The molecule has 1 aliphatic carbocycles. The van der Waals surface area contributed by atoms with Gasteiger partial charge in [0.1, 0.15) is 5.78 Å². The van der Waals surface area contributed by atoms with Crippen molar-refractivity contribution in [2.75, 3.05) is 7.05 Å². The quantitative estimate of drug-likeness (QED) is 0.227. The maximum absolute atomic E-state index is 12.0. The van der Waals surface area contributed by atoms with Gasteiger partial charge in [0.25, 0.3) is 0 Å². The fourth-order valence-electron chi connectivity index (χ4n) is 3.67. The number of carbonyl (C=O) groups is 1. The first-order chi connectivity index (χ1) is 16.3. The molecule has 1 atom stereocenters. The van der Waals surface area contributed by atoms with Crippen LogP contribution in [0.1, 0.15) is 91.5 Å². The third kappa shape index (κ3) is 13.9. The van der Waals surface area contributed by atoms with Gasteiger partial charge in [-0.2, -0.15) is 0 Å². The van der Waals surface area contributed by atoms with Gasteiger partial charge in [-0.1, -0.05) is 37.1 Å². The Labute approximate surface area is 208 Å². The third-order valence-corrected chi connectivity index (χ3v) is 6.19. The standard InChI is InChI=1S/C23H34N2O.C7H13N/c1-4-7-22(9-5-10-23(26)15-20-11-12-20)18(2)14-19(3)25-17-21-8-6-13-24-16-21;1-6(2)7(3)5-8-4/h6,8,13-14,16,20,22,25H,2,4-5,7,9-12,15,17H2,1,3H3;5H,1-4H3/b19-14+;. The molecule has 1 N–H and O–H groups in total. The summed E-state index contributed by atoms with van der Waals surface area (Å²) in [5.74, 6) is 1.64. The summed E-state index contributed by atoms with van der Waals surface area (Å²) >= 11 is 0. The van der Waals surface area contributed by atoms with E-state index in [-0.39, 0.29) is 0 Å². The van der Waals surface area contributed by atoms with Gasteiger partial charge in [-0.25, -0.2) is 0 Å². The minimum Gasteiger partial charge on any atom is -0.384 e. The normalized spacial score (nSPS) is 14.2. The summed E-state index contributed by atoms with van der Waals surface area (Å²) in [5.41, 5.74) is 6.07. The lowest BCUT2D eigenvalue weighted by Gasteiger charge is -2.18. The highest BCUT2D eigenvalue weighted by atomic mass is 16.1. The lowest BCUT2D eigenvalue weighted by atomic mass is 9.89. The highest BCUT2D eigenvalue weighted by Crippen LogP contribution is 2.33. The summed E-state index contributed by atoms with van der Waals surface area (Å²) in [4.78, 5) is 20.0. The zero-order chi connectivity index (χ0) is 25.3. The Morgan fingerprint density at radius 2 is 2.00 bits per heavy atom. The number of ketones is 1. The molecule has 1 fully saturated rings. The van der Waals surface area contributed by atoms with Crippen LogP contribution in [-0.2, 0) is 11.3 Å². The van der Waals surface area contributed by atoms with Gasteiger partial charge in [0.2, 0.25) is 0 Å². The molecule has 1 aromatic heterocycles. The Kier molecular flexibility index (Phi) is 14.8. The van der Waals surface area contributed by atoms with Crippen LogP contribution in [0.15, 0.2) is 64.6 Å². The average molecular weight is 466 g/mol. The number of rotatable bonds is 14. The fraction of sp³-hybridized carbons (Fsp3) is 0.567. The van der Waals surface area contributed by atoms with Crippen LogP contribution in [0, 0.1) is 11.8 Å². The molecule has 1 aliphatic rings. The van der Waals surface area contributed by atoms with E-state index in [0.29, 0.717) is 17.6 Å². The van der Waals surface area contributed by atoms with Gasteiger partial charge < -0.3 is 5.32 Å². The number of aliphatic imine (C=N–C) groups is 1. The van der Waals surface area contributed by atoms with Crippen LogP contribution in [0.4, 0.5) is 0 Å². The van der Waals surface area contributed by atoms with Crippen LogP contribution in [0.25, 0.3) is 0 Å². The van der Waals surface area contributed by atoms with Crippen molar-refractivity contribution in [2.45, 2.75) is 92.5 Å². The van der Waals surface area contributed by atoms with Crippen LogP contribution in [0.5, 0.6) is 0 Å². The van der Waals surface area contributed by atoms with Crippen LogP contribution in [0.3, 0.4) is 0 Å². The van der Waals surface area contributed by atoms with Crippen molar-refractivity contribution < 1.29 is 4.79 Å². The summed E-state index contributed by atoms with van der Waals surface area (Å²) < 4.78 is 0. The number of pyridine rings is 1. The lowest BCUT2D eigenvalue weighted by Crippen LogP contribution is -2.12. The molecule has 0 aliphatic heterocycles. The largest absolute Gasteiger partial charge is 0.384 e. The molecular weight excluding hydrogens is 418 g/mol. The number of carbonyl (C=O) groups excluding carboxylic acids is 1. The maximum Gasteiger partial charge on any atom is 0.133 e. The maximum atomic E-state index is 12.0. The molecule has 0 radical (unpaired) electrons. The molecule has 0 bridgehead atoms. The smallest absolute Gasteiger partial charge is 0.133 e. The summed E-state index contributed by atoms with van der Waals surface area (Å²) in [5, 5.41) is 3.44. The third-order valence-electron chi connectivity index (χ3n) is 6.19. The second kappa shape index (κ2) is 17.0. The van der Waals surface area contributed by atoms with E-state index in [1.165, 1.54) is 35.1 Å². The summed E-state index contributed by atoms with van der Waals surface area (Å²) in [6.45, 7) is 15.6. The van der Waals surface area contributed by atoms with Crippen LogP contribution >= 0.6 is 0 Å². The molecule has 1 saturated carbocycles. The highest BCUT2D eigenvalue weighted by Gasteiger charge is 2.24. The summed E-state index contributed by atoms with van der Waals surface area (Å²) in [7, 11) is 1.78. The molecule has 0 saturated heterocycles. The van der Waals surface area contributed by atoms with Gasteiger partial charge in [-0.15, -0.1) is 0 Å². The van der Waals surface area contributed by atoms with Gasteiger partial charge in [-0.3, -0.25) is 14.8 Å². The second-order valence-electron chi connectivity index (χ2n) is 9.75. The molecule has 34 heavy (non-hydrogen) atoms. The van der Waals surface area contributed by atoms with E-state index in [9.17, 15) is 4.79 Å². The van der Waals surface area contributed by atoms with Crippen molar-refractivity contribution in [3.05, 3.63) is 65.2 Å². The van der Waals surface area contributed by atoms with E-state index in [0.717, 1.165) is 50.8 Å². The zero-order valence-corrected chi connectivity index (χ0v) is 22.5. The van der Waals surface area contributed by atoms with Crippen molar-refractivity contribution >= 4 is 12.0 Å². The first-order valence-electron chi connectivity index (χ1n) is 12.8. The molecule has 1 aromatic rings. The molecule has 4 nitrogen and oxygen atoms in total. The van der Waals surface area contributed by atoms with Gasteiger partial charge in [0.15, 0.2) is 0 Å². The summed E-state index contributed by atoms with van der Waals surface area (Å²) in [6, 6.07) is 4.03. The predicted molar refractivity (Wildman–Crippen MR) is 147 cm³/mol. The number of nitrogens with zero attached hydrogens (tertiary/aromatic N) is 2. The van der Waals surface area contributed by atoms with Crippen LogP contribution < -0.4 is 5.32 Å². The zero-order valence-electron chi connectivity index (χ0n) is 22.5. The minimum absolute atomic E-state index is 0.457. The van der Waals surface area contributed by atoms with Crippen LogP contribution in [-0.4, -0.2) is 24.0 Å². The van der Waals surface area contributed by atoms with Gasteiger partial charge in [0.05, 0.1) is 0 Å². The van der Waals surface area contributed by atoms with E-state index in [1.54, 1.807) is 13.2 Å². The molecule has 0 amide bonds. The number of hydrogen-bond donors (Lipinski definition) is 1. The Hall–Kier alpha value is -2.49. The molecule has 0 aromatic carbocycles. The first-order valence-corrected chi connectivity index (χ1v) is 12.8. The number of Topliss-reactive ketones (excluding diaryl/α,β-unsaturated/α-hetero) is 1. The molecule has 2 rings (SSSR count).